The Hall–Kier alpha value is -1.35. The maximum absolute atomic E-state index is 11.9. The fraction of sp³-hybridized carbons (Fsp3) is 0.500. The van der Waals surface area contributed by atoms with E-state index in [-0.39, 0.29) is 12.5 Å². The lowest BCUT2D eigenvalue weighted by Gasteiger charge is -2.04. The van der Waals surface area contributed by atoms with Crippen LogP contribution < -0.4 is 5.32 Å². The molecule has 0 aliphatic heterocycles. The molecule has 0 aromatic carbocycles. The number of aliphatic hydroxyl groups is 1. The van der Waals surface area contributed by atoms with Gasteiger partial charge in [0.1, 0.15) is 4.88 Å². The number of aliphatic hydroxyl groups excluding tert-OH is 1. The van der Waals surface area contributed by atoms with Gasteiger partial charge in [0, 0.05) is 31.7 Å². The van der Waals surface area contributed by atoms with E-state index in [1.54, 1.807) is 0 Å². The van der Waals surface area contributed by atoms with Crippen LogP contribution >= 0.6 is 11.3 Å². The molecule has 1 heterocycles. The average Bonchev–Trinajstić information content (AvgIpc) is 2.87. The summed E-state index contributed by atoms with van der Waals surface area (Å²) in [5.41, 5.74) is 0.723. The van der Waals surface area contributed by atoms with Crippen LogP contribution in [0.2, 0.25) is 0 Å². The first-order valence-electron chi connectivity index (χ1n) is 6.32. The molecule has 0 bridgehead atoms. The first-order valence-corrected chi connectivity index (χ1v) is 7.20. The zero-order valence-corrected chi connectivity index (χ0v) is 11.9. The van der Waals surface area contributed by atoms with Crippen LogP contribution in [0.25, 0.3) is 0 Å². The first-order chi connectivity index (χ1) is 9.29. The zero-order chi connectivity index (χ0) is 13.9. The molecule has 0 unspecified atom stereocenters. The van der Waals surface area contributed by atoms with E-state index in [0.29, 0.717) is 31.1 Å². The molecule has 0 atom stereocenters. The smallest absolute Gasteiger partial charge is 0.262 e. The molecule has 0 spiro atoms. The summed E-state index contributed by atoms with van der Waals surface area (Å²) in [6, 6.07) is 1.82. The molecule has 0 saturated carbocycles. The van der Waals surface area contributed by atoms with Gasteiger partial charge in [-0.15, -0.1) is 11.3 Å². The lowest BCUT2D eigenvalue weighted by atomic mass is 10.2. The summed E-state index contributed by atoms with van der Waals surface area (Å²) < 4.78 is 5.20. The Morgan fingerprint density at radius 3 is 3.16 bits per heavy atom. The van der Waals surface area contributed by atoms with Gasteiger partial charge in [0.25, 0.3) is 5.91 Å². The molecule has 1 aromatic rings. The second-order valence-corrected chi connectivity index (χ2v) is 4.66. The topological polar surface area (TPSA) is 58.6 Å². The zero-order valence-electron chi connectivity index (χ0n) is 11.1. The van der Waals surface area contributed by atoms with Gasteiger partial charge in [-0.3, -0.25) is 4.79 Å². The van der Waals surface area contributed by atoms with Crippen molar-refractivity contribution >= 4 is 17.2 Å². The number of rotatable bonds is 7. The highest BCUT2D eigenvalue weighted by Gasteiger charge is 2.10. The Morgan fingerprint density at radius 1 is 1.58 bits per heavy atom. The summed E-state index contributed by atoms with van der Waals surface area (Å²) in [6.45, 7) is 3.94. The summed E-state index contributed by atoms with van der Waals surface area (Å²) in [5, 5.41) is 13.4. The van der Waals surface area contributed by atoms with Crippen LogP contribution in [0.15, 0.2) is 11.4 Å². The molecule has 0 radical (unpaired) electrons. The number of carbonyl (C=O) groups excluding carboxylic acids is 1. The number of ether oxygens (including phenoxy) is 1. The van der Waals surface area contributed by atoms with Crippen molar-refractivity contribution in [3.8, 4) is 11.8 Å². The Labute approximate surface area is 117 Å². The number of nitrogens with one attached hydrogen (secondary N) is 1. The monoisotopic (exact) mass is 281 g/mol. The van der Waals surface area contributed by atoms with E-state index >= 15 is 0 Å². The molecule has 5 heteroatoms. The Balaban J connectivity index is 2.44. The molecular formula is C14H19NO3S. The fourth-order valence-corrected chi connectivity index (χ4v) is 2.16. The molecule has 19 heavy (non-hydrogen) atoms. The van der Waals surface area contributed by atoms with Gasteiger partial charge < -0.3 is 15.2 Å². The van der Waals surface area contributed by atoms with Crippen LogP contribution in [0.4, 0.5) is 0 Å². The van der Waals surface area contributed by atoms with Crippen molar-refractivity contribution in [2.75, 3.05) is 26.4 Å². The number of thiophene rings is 1. The second-order valence-electron chi connectivity index (χ2n) is 3.75. The van der Waals surface area contributed by atoms with E-state index in [9.17, 15) is 4.79 Å². The van der Waals surface area contributed by atoms with Crippen LogP contribution in [0.1, 0.15) is 35.0 Å². The maximum atomic E-state index is 11.9. The number of carbonyl (C=O) groups is 1. The van der Waals surface area contributed by atoms with Crippen molar-refractivity contribution in [1.29, 1.82) is 0 Å². The van der Waals surface area contributed by atoms with Gasteiger partial charge in [-0.25, -0.2) is 0 Å². The minimum absolute atomic E-state index is 0.0378. The number of hydrogen-bond donors (Lipinski definition) is 2. The molecule has 4 nitrogen and oxygen atoms in total. The summed E-state index contributed by atoms with van der Waals surface area (Å²) in [6.07, 6.45) is 1.22. The molecule has 0 aliphatic carbocycles. The van der Waals surface area contributed by atoms with E-state index in [4.69, 9.17) is 9.84 Å². The average molecular weight is 281 g/mol. The molecule has 2 N–H and O–H groups in total. The van der Waals surface area contributed by atoms with Crippen LogP contribution in [0.3, 0.4) is 0 Å². The molecule has 0 fully saturated rings. The summed E-state index contributed by atoms with van der Waals surface area (Å²) >= 11 is 1.38. The van der Waals surface area contributed by atoms with Gasteiger partial charge in [0.15, 0.2) is 0 Å². The minimum Gasteiger partial charge on any atom is -0.395 e. The van der Waals surface area contributed by atoms with Gasteiger partial charge in [-0.2, -0.15) is 0 Å². The van der Waals surface area contributed by atoms with Gasteiger partial charge in [0.2, 0.25) is 0 Å². The third kappa shape index (κ3) is 5.88. The van der Waals surface area contributed by atoms with Crippen LogP contribution in [-0.2, 0) is 4.74 Å². The highest BCUT2D eigenvalue weighted by atomic mass is 32.1. The SMILES string of the molecule is CCOCCCNC(=O)c1sccc1C#CCCO. The summed E-state index contributed by atoms with van der Waals surface area (Å²) in [4.78, 5) is 12.6. The van der Waals surface area contributed by atoms with Gasteiger partial charge in [0.05, 0.1) is 6.61 Å². The highest BCUT2D eigenvalue weighted by Crippen LogP contribution is 2.15. The van der Waals surface area contributed by atoms with Gasteiger partial charge in [-0.1, -0.05) is 11.8 Å². The summed E-state index contributed by atoms with van der Waals surface area (Å²) in [5.74, 6) is 5.63. The van der Waals surface area contributed by atoms with Crippen molar-refractivity contribution in [3.05, 3.63) is 21.9 Å². The van der Waals surface area contributed by atoms with E-state index in [1.807, 2.05) is 18.4 Å². The van der Waals surface area contributed by atoms with Crippen molar-refractivity contribution in [3.63, 3.8) is 0 Å². The molecule has 104 valence electrons. The lowest BCUT2D eigenvalue weighted by Crippen LogP contribution is -2.25. The first kappa shape index (κ1) is 15.7. The highest BCUT2D eigenvalue weighted by molar-refractivity contribution is 7.12. The Kier molecular flexibility index (Phi) is 7.91. The standard InChI is InChI=1S/C14H19NO3S/c1-2-18-10-5-8-15-14(17)13-12(7-11-19-13)6-3-4-9-16/h7,11,16H,2,4-5,8-10H2,1H3,(H,15,17). The van der Waals surface area contributed by atoms with Crippen molar-refractivity contribution in [1.82, 2.24) is 5.32 Å². The molecule has 1 aromatic heterocycles. The molecule has 0 saturated heterocycles. The predicted molar refractivity (Wildman–Crippen MR) is 76.3 cm³/mol. The molecule has 1 rings (SSSR count). The third-order valence-electron chi connectivity index (χ3n) is 2.29. The van der Waals surface area contributed by atoms with Crippen LogP contribution in [-0.4, -0.2) is 37.4 Å². The quantitative estimate of drug-likeness (QED) is 0.590. The Morgan fingerprint density at radius 2 is 2.42 bits per heavy atom. The lowest BCUT2D eigenvalue weighted by molar-refractivity contribution is 0.0948. The molecule has 1 amide bonds. The Bertz CT molecular complexity index is 445. The third-order valence-corrected chi connectivity index (χ3v) is 3.20. The van der Waals surface area contributed by atoms with Gasteiger partial charge in [-0.05, 0) is 24.8 Å². The van der Waals surface area contributed by atoms with E-state index in [0.717, 1.165) is 12.0 Å². The maximum Gasteiger partial charge on any atom is 0.262 e. The van der Waals surface area contributed by atoms with Gasteiger partial charge >= 0.3 is 0 Å². The van der Waals surface area contributed by atoms with E-state index in [2.05, 4.69) is 17.2 Å². The fourth-order valence-electron chi connectivity index (χ4n) is 1.40. The van der Waals surface area contributed by atoms with Crippen LogP contribution in [0, 0.1) is 11.8 Å². The van der Waals surface area contributed by atoms with Crippen molar-refractivity contribution < 1.29 is 14.6 Å². The largest absolute Gasteiger partial charge is 0.395 e. The molecular weight excluding hydrogens is 262 g/mol. The predicted octanol–water partition coefficient (Wildman–Crippen LogP) is 1.64. The van der Waals surface area contributed by atoms with E-state index in [1.165, 1.54) is 11.3 Å². The second kappa shape index (κ2) is 9.56. The number of hydrogen-bond acceptors (Lipinski definition) is 4. The normalized spacial score (nSPS) is 9.79. The van der Waals surface area contributed by atoms with Crippen molar-refractivity contribution in [2.45, 2.75) is 19.8 Å². The molecule has 0 aliphatic rings. The summed E-state index contributed by atoms with van der Waals surface area (Å²) in [7, 11) is 0. The van der Waals surface area contributed by atoms with E-state index < -0.39 is 0 Å². The number of amides is 1. The van der Waals surface area contributed by atoms with Crippen molar-refractivity contribution in [2.24, 2.45) is 0 Å². The minimum atomic E-state index is -0.0974. The van der Waals surface area contributed by atoms with Crippen LogP contribution in [0.5, 0.6) is 0 Å².